The number of aliphatic hydroxyl groups is 2. The summed E-state index contributed by atoms with van der Waals surface area (Å²) in [6, 6.07) is 0.996. The Morgan fingerprint density at radius 2 is 2.16 bits per heavy atom. The number of aliphatic hydroxyl groups excluding tert-OH is 2. The van der Waals surface area contributed by atoms with Crippen LogP contribution in [0.5, 0.6) is 0 Å². The molecule has 1 fully saturated rings. The van der Waals surface area contributed by atoms with Gasteiger partial charge in [-0.2, -0.15) is 0 Å². The van der Waals surface area contributed by atoms with Crippen LogP contribution in [0.2, 0.25) is 0 Å². The van der Waals surface area contributed by atoms with Crippen LogP contribution in [0.15, 0.2) is 34.2 Å². The van der Waals surface area contributed by atoms with Crippen molar-refractivity contribution in [3.05, 3.63) is 45.4 Å². The van der Waals surface area contributed by atoms with Crippen molar-refractivity contribution in [1.29, 1.82) is 0 Å². The highest BCUT2D eigenvalue weighted by Crippen LogP contribution is 2.36. The molecule has 1 aromatic heterocycles. The lowest BCUT2D eigenvalue weighted by molar-refractivity contribution is -0.161. The van der Waals surface area contributed by atoms with Gasteiger partial charge in [-0.3, -0.25) is 19.1 Å². The van der Waals surface area contributed by atoms with Gasteiger partial charge < -0.3 is 14.9 Å². The van der Waals surface area contributed by atoms with Gasteiger partial charge in [0.2, 0.25) is 0 Å². The molecular weight excluding hydrogens is 256 g/mol. The Labute approximate surface area is 106 Å². The third-order valence-electron chi connectivity index (χ3n) is 3.00. The van der Waals surface area contributed by atoms with E-state index < -0.39 is 35.0 Å². The maximum absolute atomic E-state index is 11.8. The molecule has 2 heterocycles. The molecule has 8 nitrogen and oxygen atoms in total. The molecule has 0 radical (unpaired) electrons. The van der Waals surface area contributed by atoms with Crippen molar-refractivity contribution in [3.63, 3.8) is 0 Å². The van der Waals surface area contributed by atoms with Crippen molar-refractivity contribution in [2.24, 2.45) is 0 Å². The molecule has 0 bridgehead atoms. The molecule has 3 N–H and O–H groups in total. The van der Waals surface area contributed by atoms with Crippen LogP contribution < -0.4 is 11.2 Å². The van der Waals surface area contributed by atoms with E-state index in [-0.39, 0.29) is 5.76 Å². The van der Waals surface area contributed by atoms with Crippen molar-refractivity contribution in [1.82, 2.24) is 9.55 Å². The maximum Gasteiger partial charge on any atom is 0.331 e. The smallest absolute Gasteiger partial charge is 0.331 e. The van der Waals surface area contributed by atoms with E-state index in [1.165, 1.54) is 0 Å². The van der Waals surface area contributed by atoms with Crippen LogP contribution in [-0.4, -0.2) is 37.8 Å². The first kappa shape index (κ1) is 13.2. The van der Waals surface area contributed by atoms with E-state index in [0.29, 0.717) is 0 Å². The normalized spacial score (nSPS) is 30.2. The third-order valence-corrected chi connectivity index (χ3v) is 3.00. The molecular formula is C11H12N2O6. The van der Waals surface area contributed by atoms with Crippen molar-refractivity contribution in [2.75, 3.05) is 0 Å². The summed E-state index contributed by atoms with van der Waals surface area (Å²) < 4.78 is 5.86. The number of aromatic amines is 1. The van der Waals surface area contributed by atoms with E-state index in [4.69, 9.17) is 4.74 Å². The number of hydrogen-bond donors (Lipinski definition) is 3. The molecule has 1 aliphatic rings. The first-order valence-electron chi connectivity index (χ1n) is 5.38. The number of carbonyl (C=O) groups excluding carboxylic acids is 1. The number of Topliss-reactive ketones (excluding diaryl/α,β-unsaturated/α-hetero) is 1. The highest BCUT2D eigenvalue weighted by Gasteiger charge is 2.57. The molecule has 0 spiro atoms. The molecule has 0 amide bonds. The van der Waals surface area contributed by atoms with Crippen LogP contribution in [-0.2, 0) is 15.3 Å². The highest BCUT2D eigenvalue weighted by molar-refractivity contribution is 5.84. The average Bonchev–Trinajstić information content (AvgIpc) is 2.55. The molecule has 19 heavy (non-hydrogen) atoms. The molecule has 0 unspecified atom stereocenters. The summed E-state index contributed by atoms with van der Waals surface area (Å²) in [5.41, 5.74) is -3.73. The maximum atomic E-state index is 11.8. The van der Waals surface area contributed by atoms with Crippen LogP contribution in [0.25, 0.3) is 0 Å². The highest BCUT2D eigenvalue weighted by atomic mass is 16.6. The number of hydrogen-bond acceptors (Lipinski definition) is 6. The summed E-state index contributed by atoms with van der Waals surface area (Å²) in [4.78, 5) is 36.5. The van der Waals surface area contributed by atoms with Crippen LogP contribution in [0.1, 0.15) is 6.92 Å². The van der Waals surface area contributed by atoms with Gasteiger partial charge in [0.25, 0.3) is 11.3 Å². The fraction of sp³-hybridized carbons (Fsp3) is 0.364. The number of H-pyrrole nitrogens is 1. The monoisotopic (exact) mass is 268 g/mol. The quantitative estimate of drug-likeness (QED) is 0.573. The number of nitrogens with zero attached hydrogens (tertiary/aromatic N) is 1. The number of ether oxygens (including phenoxy) is 1. The van der Waals surface area contributed by atoms with E-state index >= 15 is 0 Å². The SMILES string of the molecule is C=C1O[C@@](C(C)=O)(n2ccc(=O)[nH]c2=O)[C@H](O)[C@@H]1O. The molecule has 1 aliphatic heterocycles. The Kier molecular flexibility index (Phi) is 2.91. The van der Waals surface area contributed by atoms with E-state index in [1.807, 2.05) is 4.98 Å². The second kappa shape index (κ2) is 4.18. The standard InChI is InChI=1S/C11H12N2O6/c1-5-8(16)9(17)11(19-5,6(2)14)13-4-3-7(15)12-10(13)18/h3-4,8-9,16-17H,1H2,2H3,(H,12,15,18)/t8-,9-,11-/m1/s1. The second-order valence-electron chi connectivity index (χ2n) is 4.19. The summed E-state index contributed by atoms with van der Waals surface area (Å²) in [6.07, 6.45) is -2.21. The lowest BCUT2D eigenvalue weighted by Gasteiger charge is -2.30. The number of carbonyl (C=O) groups is 1. The fourth-order valence-corrected chi connectivity index (χ4v) is 2.03. The van der Waals surface area contributed by atoms with E-state index in [0.717, 1.165) is 23.8 Å². The van der Waals surface area contributed by atoms with Crippen molar-refractivity contribution >= 4 is 5.78 Å². The van der Waals surface area contributed by atoms with Gasteiger partial charge in [-0.05, 0) is 0 Å². The van der Waals surface area contributed by atoms with Crippen LogP contribution in [0.4, 0.5) is 0 Å². The van der Waals surface area contributed by atoms with Gasteiger partial charge in [0.05, 0.1) is 0 Å². The Bertz CT molecular complexity index is 660. The Morgan fingerprint density at radius 1 is 1.53 bits per heavy atom. The van der Waals surface area contributed by atoms with Gasteiger partial charge in [0.1, 0.15) is 11.9 Å². The lowest BCUT2D eigenvalue weighted by Crippen LogP contribution is -2.55. The topological polar surface area (TPSA) is 122 Å². The van der Waals surface area contributed by atoms with Gasteiger partial charge in [-0.1, -0.05) is 6.58 Å². The molecule has 2 rings (SSSR count). The number of aromatic nitrogens is 2. The predicted octanol–water partition coefficient (Wildman–Crippen LogP) is -1.96. The Balaban J connectivity index is 2.72. The molecule has 0 saturated carbocycles. The molecule has 102 valence electrons. The Morgan fingerprint density at radius 3 is 2.58 bits per heavy atom. The molecule has 0 aromatic carbocycles. The summed E-state index contributed by atoms with van der Waals surface area (Å²) in [7, 11) is 0. The van der Waals surface area contributed by atoms with Gasteiger partial charge in [-0.25, -0.2) is 4.79 Å². The Hall–Kier alpha value is -2.19. The predicted molar refractivity (Wildman–Crippen MR) is 62.2 cm³/mol. The van der Waals surface area contributed by atoms with E-state index in [2.05, 4.69) is 6.58 Å². The number of ketones is 1. The minimum absolute atomic E-state index is 0.235. The van der Waals surface area contributed by atoms with E-state index in [1.54, 1.807) is 0 Å². The summed E-state index contributed by atoms with van der Waals surface area (Å²) in [6.45, 7) is 4.45. The minimum atomic E-state index is -2.13. The summed E-state index contributed by atoms with van der Waals surface area (Å²) in [5.74, 6) is -0.951. The largest absolute Gasteiger partial charge is 0.459 e. The average molecular weight is 268 g/mol. The zero-order chi connectivity index (χ0) is 14.4. The molecule has 1 saturated heterocycles. The zero-order valence-electron chi connectivity index (χ0n) is 9.99. The van der Waals surface area contributed by atoms with E-state index in [9.17, 15) is 24.6 Å². The van der Waals surface area contributed by atoms with Crippen LogP contribution in [0.3, 0.4) is 0 Å². The van der Waals surface area contributed by atoms with Crippen molar-refractivity contribution in [2.45, 2.75) is 24.9 Å². The van der Waals surface area contributed by atoms with Crippen molar-refractivity contribution < 1.29 is 19.7 Å². The first-order valence-corrected chi connectivity index (χ1v) is 5.38. The molecule has 1 aromatic rings. The van der Waals surface area contributed by atoms with Gasteiger partial charge in [0.15, 0.2) is 11.9 Å². The molecule has 8 heteroatoms. The summed E-state index contributed by atoms with van der Waals surface area (Å²) >= 11 is 0. The lowest BCUT2D eigenvalue weighted by atomic mass is 10.00. The first-order chi connectivity index (χ1) is 8.80. The minimum Gasteiger partial charge on any atom is -0.459 e. The van der Waals surface area contributed by atoms with Crippen LogP contribution in [0, 0.1) is 0 Å². The molecule has 3 atom stereocenters. The number of nitrogens with one attached hydrogen (secondary N) is 1. The molecule has 0 aliphatic carbocycles. The second-order valence-corrected chi connectivity index (χ2v) is 4.19. The summed E-state index contributed by atoms with van der Waals surface area (Å²) in [5, 5.41) is 19.6. The van der Waals surface area contributed by atoms with Gasteiger partial charge in [-0.15, -0.1) is 0 Å². The number of rotatable bonds is 2. The van der Waals surface area contributed by atoms with Crippen LogP contribution >= 0.6 is 0 Å². The van der Waals surface area contributed by atoms with Gasteiger partial charge in [0, 0.05) is 19.2 Å². The van der Waals surface area contributed by atoms with Crippen molar-refractivity contribution in [3.8, 4) is 0 Å². The fourth-order valence-electron chi connectivity index (χ4n) is 2.03. The third kappa shape index (κ3) is 1.72. The van der Waals surface area contributed by atoms with Gasteiger partial charge >= 0.3 is 5.69 Å². The zero-order valence-corrected chi connectivity index (χ0v) is 9.99.